The van der Waals surface area contributed by atoms with E-state index < -0.39 is 31.0 Å². The van der Waals surface area contributed by atoms with Gasteiger partial charge in [0, 0.05) is 13.7 Å². The van der Waals surface area contributed by atoms with Gasteiger partial charge in [-0.1, -0.05) is 30.3 Å². The number of likely N-dealkylation sites (tertiary alicyclic amines) is 1. The number of sulfone groups is 1. The Kier molecular flexibility index (Phi) is 12.6. The van der Waals surface area contributed by atoms with E-state index in [0.717, 1.165) is 47.8 Å². The Hall–Kier alpha value is -3.59. The number of urea groups is 1. The molecule has 0 radical (unpaired) electrons. The molecule has 0 saturated carbocycles. The third-order valence-electron chi connectivity index (χ3n) is 10.0. The molecule has 4 aliphatic rings. The number of benzene rings is 2. The fourth-order valence-corrected chi connectivity index (χ4v) is 10.4. The van der Waals surface area contributed by atoms with Crippen LogP contribution in [0.3, 0.4) is 0 Å². The summed E-state index contributed by atoms with van der Waals surface area (Å²) >= 11 is -0.524. The van der Waals surface area contributed by atoms with Gasteiger partial charge in [-0.05, 0) is 0 Å². The van der Waals surface area contributed by atoms with Gasteiger partial charge in [0.1, 0.15) is 0 Å². The van der Waals surface area contributed by atoms with Crippen molar-refractivity contribution in [3.63, 3.8) is 0 Å². The van der Waals surface area contributed by atoms with Gasteiger partial charge in [0.25, 0.3) is 0 Å². The fourth-order valence-electron chi connectivity index (χ4n) is 7.29. The molecule has 2 aromatic rings. The van der Waals surface area contributed by atoms with E-state index in [2.05, 4.69) is 49.2 Å². The minimum atomic E-state index is -3.03. The molecule has 4 aliphatic heterocycles. The third kappa shape index (κ3) is 9.65. The molecule has 3 atom stereocenters. The molecule has 0 aromatic heterocycles. The van der Waals surface area contributed by atoms with E-state index in [1.807, 2.05) is 59.6 Å². The molecule has 6 rings (SSSR count). The quantitative estimate of drug-likeness (QED) is 0.312. The van der Waals surface area contributed by atoms with Crippen LogP contribution >= 0.6 is 0 Å². The number of nitrogens with one attached hydrogen (secondary N) is 3. The van der Waals surface area contributed by atoms with Crippen molar-refractivity contribution in [3.05, 3.63) is 115 Å². The molecule has 12 heteroatoms. The number of hydrogen-bond donors (Lipinski definition) is 3. The number of nitrogens with zero attached hydrogens (tertiary/aromatic N) is 2. The second-order valence-corrected chi connectivity index (χ2v) is 17.8. The summed E-state index contributed by atoms with van der Waals surface area (Å²) in [6.45, 7) is 5.53. The Morgan fingerprint density at radius 3 is 2.37 bits per heavy atom. The minimum absolute atomic E-state index is 0.0893. The molecule has 51 heavy (non-hydrogen) atoms. The van der Waals surface area contributed by atoms with Crippen molar-refractivity contribution in [2.75, 3.05) is 51.4 Å². The van der Waals surface area contributed by atoms with E-state index in [0.29, 0.717) is 38.0 Å². The molecule has 272 valence electrons. The second-order valence-electron chi connectivity index (χ2n) is 13.5. The molecule has 2 aromatic carbocycles. The van der Waals surface area contributed by atoms with Gasteiger partial charge in [-0.15, -0.1) is 0 Å². The van der Waals surface area contributed by atoms with Crippen LogP contribution in [0, 0.1) is 0 Å². The molecule has 2 saturated heterocycles. The fraction of sp³-hybridized carbons (Fsp3) is 0.410. The number of methoxy groups -OCH3 is 1. The first-order valence-corrected chi connectivity index (χ1v) is 21.9. The van der Waals surface area contributed by atoms with Crippen LogP contribution in [0.25, 0.3) is 0 Å². The molecule has 0 aliphatic carbocycles. The van der Waals surface area contributed by atoms with Crippen molar-refractivity contribution in [1.82, 2.24) is 20.9 Å². The summed E-state index contributed by atoms with van der Waals surface area (Å²) in [6, 6.07) is 20.1. The molecular weight excluding hydrogens is 777 g/mol. The van der Waals surface area contributed by atoms with Crippen molar-refractivity contribution in [2.24, 2.45) is 4.99 Å². The second kappa shape index (κ2) is 17.3. The van der Waals surface area contributed by atoms with Gasteiger partial charge in [0.2, 0.25) is 0 Å². The molecule has 3 amide bonds. The van der Waals surface area contributed by atoms with E-state index in [1.54, 1.807) is 7.11 Å². The maximum atomic E-state index is 14.0. The normalized spacial score (nSPS) is 24.3. The minimum Gasteiger partial charge on any atom is -0.0622 e. The van der Waals surface area contributed by atoms with Gasteiger partial charge in [-0.3, -0.25) is 0 Å². The molecule has 2 fully saturated rings. The summed E-state index contributed by atoms with van der Waals surface area (Å²) in [5.74, 6) is 0.0468. The number of carbonyl (C=O) groups is 2. The Balaban J connectivity index is 1.26. The number of hydrogen-bond acceptors (Lipinski definition) is 7. The van der Waals surface area contributed by atoms with E-state index in [-0.39, 0.29) is 47.4 Å². The average molecular weight is 825 g/mol. The number of amides is 3. The number of ether oxygens (including phenoxy) is 1. The molecule has 2 unspecified atom stereocenters. The van der Waals surface area contributed by atoms with Gasteiger partial charge in [0.05, 0.1) is 6.61 Å². The van der Waals surface area contributed by atoms with E-state index in [1.165, 1.54) is 5.56 Å². The van der Waals surface area contributed by atoms with E-state index in [4.69, 9.17) is 9.73 Å². The van der Waals surface area contributed by atoms with Crippen molar-refractivity contribution in [2.45, 2.75) is 50.1 Å². The van der Waals surface area contributed by atoms with Gasteiger partial charge in [0.15, 0.2) is 0 Å². The summed E-state index contributed by atoms with van der Waals surface area (Å²) in [6.07, 6.45) is 5.49. The zero-order valence-electron chi connectivity index (χ0n) is 29.2. The molecule has 10 nitrogen and oxygen atoms in total. The van der Waals surface area contributed by atoms with Gasteiger partial charge in [-0.2, -0.15) is 0 Å². The Labute approximate surface area is 311 Å². The molecule has 0 spiro atoms. The van der Waals surface area contributed by atoms with Gasteiger partial charge in [-0.25, -0.2) is 0 Å². The average Bonchev–Trinajstić information content (AvgIpc) is 3.27. The van der Waals surface area contributed by atoms with Crippen LogP contribution in [0.5, 0.6) is 0 Å². The van der Waals surface area contributed by atoms with Crippen molar-refractivity contribution in [3.8, 4) is 0 Å². The summed E-state index contributed by atoms with van der Waals surface area (Å²) in [4.78, 5) is 34.9. The van der Waals surface area contributed by atoms with Gasteiger partial charge < -0.3 is 4.74 Å². The van der Waals surface area contributed by atoms with Crippen molar-refractivity contribution < 1.29 is 43.9 Å². The van der Waals surface area contributed by atoms with Crippen LogP contribution in [0.15, 0.2) is 108 Å². The van der Waals surface area contributed by atoms with Crippen LogP contribution in [0.1, 0.15) is 49.1 Å². The van der Waals surface area contributed by atoms with Crippen LogP contribution in [0.2, 0.25) is 0 Å². The first-order chi connectivity index (χ1) is 24.7. The van der Waals surface area contributed by atoms with Crippen LogP contribution in [0.4, 0.5) is 4.79 Å². The van der Waals surface area contributed by atoms with Crippen LogP contribution in [-0.4, -0.2) is 94.5 Å². The number of carbonyl (C=O) groups excluding carboxylic acids is 2. The number of allylic oxidation sites excluding steroid dienone is 4. The summed E-state index contributed by atoms with van der Waals surface area (Å²) < 4.78 is 33.3. The molecule has 3 N–H and O–H groups in total. The summed E-state index contributed by atoms with van der Waals surface area (Å²) in [5, 5.41) is 9.72. The van der Waals surface area contributed by atoms with Gasteiger partial charge >= 0.3 is 258 Å². The maximum absolute atomic E-state index is 14.0. The molecule has 0 bridgehead atoms. The number of halogens is 1. The van der Waals surface area contributed by atoms with Crippen LogP contribution < -0.4 is 37.2 Å². The van der Waals surface area contributed by atoms with Crippen molar-refractivity contribution >= 4 is 27.5 Å². The summed E-state index contributed by atoms with van der Waals surface area (Å²) in [5.41, 5.74) is 6.09. The molecule has 4 heterocycles. The monoisotopic (exact) mass is 824 g/mol. The van der Waals surface area contributed by atoms with Crippen LogP contribution in [-0.2, 0) is 19.4 Å². The predicted octanol–water partition coefficient (Wildman–Crippen LogP) is 1.42. The summed E-state index contributed by atoms with van der Waals surface area (Å²) in [7, 11) is -1.32. The zero-order valence-corrected chi connectivity index (χ0v) is 32.2. The Bertz CT molecular complexity index is 1830. The van der Waals surface area contributed by atoms with E-state index in [9.17, 15) is 18.0 Å². The smallest absolute Gasteiger partial charge is 0.0622 e. The first-order valence-electron chi connectivity index (χ1n) is 17.6. The first kappa shape index (κ1) is 37.2. The van der Waals surface area contributed by atoms with Crippen molar-refractivity contribution in [1.29, 1.82) is 0 Å². The standard InChI is InChI=1S/C39H47IN5O5S/c1-27-36(30-13-17-40-24-31(23-30)38(46)42-32-15-21-51(48,49)22-16-32)41-18-14-33(28-9-5-3-6-10-28)37(27)44-39(47)43-35-26-45(19-20-50-2)25-34(35)29-11-7-4-8-12-29/h3-13,17,23-24,32-35H,14-16,18-22,25-26H2,1-2H3,(H,42,46)(H2,43,44,47)/q-1/t33?,34-,35?/m0/s1. The number of rotatable bonds is 10. The van der Waals surface area contributed by atoms with E-state index >= 15 is 0 Å². The Morgan fingerprint density at radius 1 is 0.961 bits per heavy atom. The molecular formula is C39H47IN5O5S-. The third-order valence-corrected chi connectivity index (χ3v) is 13.5. The topological polar surface area (TPSA) is 129 Å². The Morgan fingerprint density at radius 2 is 1.67 bits per heavy atom. The SMILES string of the molecule is COCCN1CC(NC(=O)NC2=C(C)C(C3=CC(C(=O)NC4CCS(=O)(=O)CC4)=C[I-]C=C3)=NCCC2c2ccccc2)[C@H](c2ccccc2)C1. The number of aliphatic imine (C=N–C) groups is 1. The zero-order chi connectivity index (χ0) is 35.8. The predicted molar refractivity (Wildman–Crippen MR) is 197 cm³/mol.